The number of ether oxygens (including phenoxy) is 1. The Kier molecular flexibility index (Phi) is 5.87. The van der Waals surface area contributed by atoms with Crippen LogP contribution in [0.5, 0.6) is 0 Å². The fraction of sp³-hybridized carbons (Fsp3) is 0.316. The number of amides is 1. The molecule has 0 saturated carbocycles. The van der Waals surface area contributed by atoms with E-state index in [0.717, 1.165) is 37.6 Å². The third-order valence-electron chi connectivity index (χ3n) is 4.04. The second-order valence-corrected chi connectivity index (χ2v) is 5.80. The second kappa shape index (κ2) is 8.50. The number of furan rings is 1. The standard InChI is InChI=1S/C19H22N2O4/c22-17(18-2-1-11-25-18)14-20-19(23)8-5-15-3-6-16(7-4-15)21-9-12-24-13-10-21/h1-8,11,17,22H,9-10,12-14H2,(H,20,23)/b8-5+. The summed E-state index contributed by atoms with van der Waals surface area (Å²) < 4.78 is 10.4. The summed E-state index contributed by atoms with van der Waals surface area (Å²) >= 11 is 0. The average molecular weight is 342 g/mol. The maximum absolute atomic E-state index is 11.8. The van der Waals surface area contributed by atoms with Crippen molar-refractivity contribution in [2.45, 2.75) is 6.10 Å². The minimum Gasteiger partial charge on any atom is -0.467 e. The summed E-state index contributed by atoms with van der Waals surface area (Å²) in [7, 11) is 0. The van der Waals surface area contributed by atoms with E-state index in [0.29, 0.717) is 5.76 Å². The normalized spacial score (nSPS) is 16.1. The van der Waals surface area contributed by atoms with Gasteiger partial charge in [0.05, 0.1) is 26.0 Å². The first-order valence-corrected chi connectivity index (χ1v) is 8.32. The lowest BCUT2D eigenvalue weighted by atomic mass is 10.1. The van der Waals surface area contributed by atoms with Gasteiger partial charge in [0, 0.05) is 24.9 Å². The minimum absolute atomic E-state index is 0.104. The summed E-state index contributed by atoms with van der Waals surface area (Å²) in [6.07, 6.45) is 3.84. The number of rotatable bonds is 6. The topological polar surface area (TPSA) is 74.9 Å². The first kappa shape index (κ1) is 17.3. The molecule has 0 spiro atoms. The third kappa shape index (κ3) is 4.95. The largest absolute Gasteiger partial charge is 0.467 e. The van der Waals surface area contributed by atoms with Gasteiger partial charge in [0.15, 0.2) is 0 Å². The lowest BCUT2D eigenvalue weighted by molar-refractivity contribution is -0.116. The third-order valence-corrected chi connectivity index (χ3v) is 4.04. The molecule has 1 aliphatic heterocycles. The van der Waals surface area contributed by atoms with Crippen LogP contribution in [0.25, 0.3) is 6.08 Å². The van der Waals surface area contributed by atoms with E-state index < -0.39 is 6.10 Å². The van der Waals surface area contributed by atoms with Crippen LogP contribution in [0.4, 0.5) is 5.69 Å². The van der Waals surface area contributed by atoms with Crippen LogP contribution in [-0.2, 0) is 9.53 Å². The molecule has 6 heteroatoms. The molecule has 0 aliphatic carbocycles. The summed E-state index contributed by atoms with van der Waals surface area (Å²) in [6, 6.07) is 11.4. The predicted molar refractivity (Wildman–Crippen MR) is 95.2 cm³/mol. The Balaban J connectivity index is 1.48. The van der Waals surface area contributed by atoms with Crippen LogP contribution in [0.3, 0.4) is 0 Å². The molecule has 3 rings (SSSR count). The van der Waals surface area contributed by atoms with E-state index in [2.05, 4.69) is 10.2 Å². The van der Waals surface area contributed by atoms with E-state index in [1.165, 1.54) is 12.3 Å². The van der Waals surface area contributed by atoms with Gasteiger partial charge in [0.1, 0.15) is 11.9 Å². The van der Waals surface area contributed by atoms with Gasteiger partial charge in [0.25, 0.3) is 0 Å². The van der Waals surface area contributed by atoms with Gasteiger partial charge in [0.2, 0.25) is 5.91 Å². The lowest BCUT2D eigenvalue weighted by Crippen LogP contribution is -2.36. The summed E-state index contributed by atoms with van der Waals surface area (Å²) in [5.74, 6) is 0.172. The van der Waals surface area contributed by atoms with Gasteiger partial charge in [-0.05, 0) is 35.9 Å². The molecule has 1 amide bonds. The first-order chi connectivity index (χ1) is 12.2. The van der Waals surface area contributed by atoms with Crippen molar-refractivity contribution in [2.75, 3.05) is 37.7 Å². The highest BCUT2D eigenvalue weighted by Gasteiger charge is 2.11. The number of morpholine rings is 1. The molecule has 1 aromatic heterocycles. The summed E-state index contributed by atoms with van der Waals surface area (Å²) in [4.78, 5) is 14.1. The molecular formula is C19H22N2O4. The number of anilines is 1. The zero-order valence-corrected chi connectivity index (χ0v) is 13.9. The minimum atomic E-state index is -0.847. The molecule has 132 valence electrons. The van der Waals surface area contributed by atoms with E-state index in [1.54, 1.807) is 18.2 Å². The summed E-state index contributed by atoms with van der Waals surface area (Å²) in [5.41, 5.74) is 2.10. The highest BCUT2D eigenvalue weighted by atomic mass is 16.5. The number of benzene rings is 1. The Morgan fingerprint density at radius 1 is 1.24 bits per heavy atom. The van der Waals surface area contributed by atoms with E-state index in [9.17, 15) is 9.90 Å². The number of hydrogen-bond acceptors (Lipinski definition) is 5. The van der Waals surface area contributed by atoms with Crippen molar-refractivity contribution in [1.29, 1.82) is 0 Å². The number of aliphatic hydroxyl groups excluding tert-OH is 1. The van der Waals surface area contributed by atoms with Crippen molar-refractivity contribution in [3.05, 3.63) is 60.1 Å². The SMILES string of the molecule is O=C(/C=C/c1ccc(N2CCOCC2)cc1)NCC(O)c1ccco1. The van der Waals surface area contributed by atoms with Crippen LogP contribution in [0.2, 0.25) is 0 Å². The molecule has 1 aromatic carbocycles. The lowest BCUT2D eigenvalue weighted by Gasteiger charge is -2.28. The number of hydrogen-bond donors (Lipinski definition) is 2. The molecule has 6 nitrogen and oxygen atoms in total. The molecule has 0 radical (unpaired) electrons. The zero-order valence-electron chi connectivity index (χ0n) is 13.9. The van der Waals surface area contributed by atoms with Crippen molar-refractivity contribution in [2.24, 2.45) is 0 Å². The summed E-state index contributed by atoms with van der Waals surface area (Å²) in [5, 5.41) is 12.5. The number of nitrogens with zero attached hydrogens (tertiary/aromatic N) is 1. The maximum Gasteiger partial charge on any atom is 0.244 e. The molecule has 1 aliphatic rings. The van der Waals surface area contributed by atoms with Crippen molar-refractivity contribution in [3.63, 3.8) is 0 Å². The van der Waals surface area contributed by atoms with Crippen LogP contribution in [0.15, 0.2) is 53.2 Å². The van der Waals surface area contributed by atoms with E-state index in [-0.39, 0.29) is 12.5 Å². The van der Waals surface area contributed by atoms with Crippen LogP contribution < -0.4 is 10.2 Å². The molecule has 1 saturated heterocycles. The smallest absolute Gasteiger partial charge is 0.244 e. The quantitative estimate of drug-likeness (QED) is 0.785. The molecule has 1 unspecified atom stereocenters. The fourth-order valence-corrected chi connectivity index (χ4v) is 2.63. The molecule has 0 bridgehead atoms. The molecule has 1 atom stereocenters. The van der Waals surface area contributed by atoms with Gasteiger partial charge in [-0.25, -0.2) is 0 Å². The number of aliphatic hydroxyl groups is 1. The van der Waals surface area contributed by atoms with Crippen LogP contribution in [0.1, 0.15) is 17.4 Å². The van der Waals surface area contributed by atoms with Gasteiger partial charge in [-0.3, -0.25) is 4.79 Å². The van der Waals surface area contributed by atoms with Gasteiger partial charge < -0.3 is 24.5 Å². The summed E-state index contributed by atoms with van der Waals surface area (Å²) in [6.45, 7) is 3.41. The van der Waals surface area contributed by atoms with Crippen molar-refractivity contribution >= 4 is 17.7 Å². The number of nitrogens with one attached hydrogen (secondary N) is 1. The Morgan fingerprint density at radius 2 is 2.00 bits per heavy atom. The molecule has 2 aromatic rings. The van der Waals surface area contributed by atoms with Crippen molar-refractivity contribution in [3.8, 4) is 0 Å². The highest BCUT2D eigenvalue weighted by Crippen LogP contribution is 2.17. The Bertz CT molecular complexity index is 689. The molecule has 1 fully saturated rings. The van der Waals surface area contributed by atoms with Crippen LogP contribution >= 0.6 is 0 Å². The highest BCUT2D eigenvalue weighted by molar-refractivity contribution is 5.91. The van der Waals surface area contributed by atoms with Gasteiger partial charge in [-0.15, -0.1) is 0 Å². The van der Waals surface area contributed by atoms with Crippen molar-refractivity contribution < 1.29 is 19.1 Å². The first-order valence-electron chi connectivity index (χ1n) is 8.32. The number of carbonyl (C=O) groups excluding carboxylic acids is 1. The van der Waals surface area contributed by atoms with E-state index in [4.69, 9.17) is 9.15 Å². The Morgan fingerprint density at radius 3 is 2.68 bits per heavy atom. The maximum atomic E-state index is 11.8. The molecular weight excluding hydrogens is 320 g/mol. The monoisotopic (exact) mass is 342 g/mol. The van der Waals surface area contributed by atoms with Crippen molar-refractivity contribution in [1.82, 2.24) is 5.32 Å². The Labute approximate surface area is 146 Å². The fourth-order valence-electron chi connectivity index (χ4n) is 2.63. The molecule has 2 N–H and O–H groups in total. The van der Waals surface area contributed by atoms with E-state index in [1.807, 2.05) is 24.3 Å². The zero-order chi connectivity index (χ0) is 17.5. The van der Waals surface area contributed by atoms with Crippen LogP contribution in [-0.4, -0.2) is 43.9 Å². The van der Waals surface area contributed by atoms with Gasteiger partial charge in [-0.2, -0.15) is 0 Å². The number of carbonyl (C=O) groups is 1. The second-order valence-electron chi connectivity index (χ2n) is 5.80. The molecule has 25 heavy (non-hydrogen) atoms. The van der Waals surface area contributed by atoms with E-state index >= 15 is 0 Å². The average Bonchev–Trinajstić information content (AvgIpc) is 3.20. The predicted octanol–water partition coefficient (Wildman–Crippen LogP) is 1.98. The van der Waals surface area contributed by atoms with Gasteiger partial charge >= 0.3 is 0 Å². The Hall–Kier alpha value is -2.57. The molecule has 2 heterocycles. The van der Waals surface area contributed by atoms with Gasteiger partial charge in [-0.1, -0.05) is 12.1 Å². The van der Waals surface area contributed by atoms with Crippen LogP contribution in [0, 0.1) is 0 Å².